The zero-order valence-corrected chi connectivity index (χ0v) is 19.8. The van der Waals surface area contributed by atoms with Gasteiger partial charge < -0.3 is 19.7 Å². The first kappa shape index (κ1) is 24.5. The van der Waals surface area contributed by atoms with Crippen LogP contribution in [0.5, 0.6) is 11.5 Å². The molecular weight excluding hydrogens is 416 g/mol. The first-order valence-electron chi connectivity index (χ1n) is 10.3. The second-order valence-corrected chi connectivity index (χ2v) is 8.38. The fraction of sp³-hybridized carbons (Fsp3) is 0.417. The topological polar surface area (TPSA) is 67.9 Å². The summed E-state index contributed by atoms with van der Waals surface area (Å²) in [5.74, 6) is 0.667. The average molecular weight is 447 g/mol. The number of nitrogens with zero attached hydrogens (tertiary/aromatic N) is 1. The van der Waals surface area contributed by atoms with Crippen LogP contribution in [0.4, 0.5) is 5.69 Å². The Bertz CT molecular complexity index is 943. The number of halogens is 1. The van der Waals surface area contributed by atoms with Gasteiger partial charge in [0.2, 0.25) is 5.91 Å². The second-order valence-electron chi connectivity index (χ2n) is 7.98. The van der Waals surface area contributed by atoms with Gasteiger partial charge in [0.25, 0.3) is 5.91 Å². The van der Waals surface area contributed by atoms with Crippen molar-refractivity contribution in [3.05, 3.63) is 52.0 Å². The highest BCUT2D eigenvalue weighted by Gasteiger charge is 2.20. The maximum absolute atomic E-state index is 12.9. The highest BCUT2D eigenvalue weighted by molar-refractivity contribution is 6.32. The van der Waals surface area contributed by atoms with Crippen LogP contribution in [0.15, 0.2) is 30.3 Å². The molecule has 0 heterocycles. The van der Waals surface area contributed by atoms with E-state index in [1.807, 2.05) is 32.0 Å². The molecule has 31 heavy (non-hydrogen) atoms. The lowest BCUT2D eigenvalue weighted by molar-refractivity contribution is -0.116. The Morgan fingerprint density at radius 1 is 1.19 bits per heavy atom. The van der Waals surface area contributed by atoms with Gasteiger partial charge in [-0.25, -0.2) is 0 Å². The van der Waals surface area contributed by atoms with Crippen LogP contribution in [0.2, 0.25) is 5.02 Å². The molecule has 7 heteroatoms. The predicted molar refractivity (Wildman–Crippen MR) is 124 cm³/mol. The lowest BCUT2D eigenvalue weighted by Crippen LogP contribution is -2.35. The van der Waals surface area contributed by atoms with E-state index in [1.165, 1.54) is 18.1 Å². The van der Waals surface area contributed by atoms with E-state index in [2.05, 4.69) is 19.2 Å². The van der Waals surface area contributed by atoms with Crippen molar-refractivity contribution in [2.24, 2.45) is 5.92 Å². The summed E-state index contributed by atoms with van der Waals surface area (Å²) < 4.78 is 11.1. The summed E-state index contributed by atoms with van der Waals surface area (Å²) in [6.07, 6.45) is 0.873. The number of methoxy groups -OCH3 is 1. The third-order valence-electron chi connectivity index (χ3n) is 5.02. The van der Waals surface area contributed by atoms with E-state index in [-0.39, 0.29) is 18.4 Å². The maximum Gasteiger partial charge on any atom is 0.254 e. The summed E-state index contributed by atoms with van der Waals surface area (Å²) in [6.45, 7) is 8.54. The third-order valence-corrected chi connectivity index (χ3v) is 5.30. The minimum Gasteiger partial charge on any atom is -0.493 e. The Kier molecular flexibility index (Phi) is 8.75. The van der Waals surface area contributed by atoms with Gasteiger partial charge in [0.1, 0.15) is 0 Å². The molecule has 168 valence electrons. The Hall–Kier alpha value is -2.73. The van der Waals surface area contributed by atoms with Gasteiger partial charge in [-0.2, -0.15) is 0 Å². The molecule has 2 amide bonds. The number of nitrogens with one attached hydrogen (secondary N) is 1. The monoisotopic (exact) mass is 446 g/mol. The van der Waals surface area contributed by atoms with Crippen molar-refractivity contribution in [3.8, 4) is 11.5 Å². The van der Waals surface area contributed by atoms with Crippen molar-refractivity contribution >= 4 is 29.1 Å². The van der Waals surface area contributed by atoms with Crippen LogP contribution in [0, 0.1) is 19.8 Å². The molecule has 0 atom stereocenters. The molecule has 0 radical (unpaired) electrons. The van der Waals surface area contributed by atoms with E-state index in [0.717, 1.165) is 23.2 Å². The molecule has 0 spiro atoms. The predicted octanol–water partition coefficient (Wildman–Crippen LogP) is 5.10. The highest BCUT2D eigenvalue weighted by atomic mass is 35.5. The van der Waals surface area contributed by atoms with Crippen LogP contribution in [-0.4, -0.2) is 44.0 Å². The first-order chi connectivity index (χ1) is 14.6. The summed E-state index contributed by atoms with van der Waals surface area (Å²) in [6, 6.07) is 8.82. The molecule has 0 aliphatic carbocycles. The number of carbonyl (C=O) groups is 2. The van der Waals surface area contributed by atoms with E-state index in [4.69, 9.17) is 21.1 Å². The van der Waals surface area contributed by atoms with Gasteiger partial charge in [0, 0.05) is 18.3 Å². The molecule has 0 saturated heterocycles. The van der Waals surface area contributed by atoms with Crippen molar-refractivity contribution in [1.82, 2.24) is 4.90 Å². The zero-order chi connectivity index (χ0) is 23.1. The SMILES string of the molecule is COc1cc(C(=O)N(C)CC(=O)Nc2cccc(C)c2C)cc(Cl)c1OCCC(C)C. The lowest BCUT2D eigenvalue weighted by Gasteiger charge is -2.19. The van der Waals surface area contributed by atoms with Crippen molar-refractivity contribution in [2.75, 3.05) is 32.6 Å². The smallest absolute Gasteiger partial charge is 0.254 e. The highest BCUT2D eigenvalue weighted by Crippen LogP contribution is 2.37. The fourth-order valence-electron chi connectivity index (χ4n) is 2.96. The normalized spacial score (nSPS) is 10.7. The number of benzene rings is 2. The number of hydrogen-bond donors (Lipinski definition) is 1. The van der Waals surface area contributed by atoms with E-state index in [1.54, 1.807) is 13.1 Å². The number of aryl methyl sites for hydroxylation is 1. The summed E-state index contributed by atoms with van der Waals surface area (Å²) in [5, 5.41) is 3.15. The number of ether oxygens (including phenoxy) is 2. The molecule has 1 N–H and O–H groups in total. The Balaban J connectivity index is 2.09. The Morgan fingerprint density at radius 3 is 2.55 bits per heavy atom. The van der Waals surface area contributed by atoms with Gasteiger partial charge in [-0.15, -0.1) is 0 Å². The molecule has 2 aromatic carbocycles. The second kappa shape index (κ2) is 11.0. The zero-order valence-electron chi connectivity index (χ0n) is 19.0. The molecule has 0 aromatic heterocycles. The van der Waals surface area contributed by atoms with E-state index in [0.29, 0.717) is 34.6 Å². The standard InChI is InChI=1S/C24H31ClN2O4/c1-15(2)10-11-31-23-19(25)12-18(13-21(23)30-6)24(29)27(5)14-22(28)26-20-9-7-8-16(3)17(20)4/h7-9,12-13,15H,10-11,14H2,1-6H3,(H,26,28). The van der Waals surface area contributed by atoms with Crippen molar-refractivity contribution in [1.29, 1.82) is 0 Å². The van der Waals surface area contributed by atoms with E-state index < -0.39 is 0 Å². The molecule has 0 fully saturated rings. The van der Waals surface area contributed by atoms with Crippen LogP contribution in [-0.2, 0) is 4.79 Å². The fourth-order valence-corrected chi connectivity index (χ4v) is 3.23. The number of hydrogen-bond acceptors (Lipinski definition) is 4. The van der Waals surface area contributed by atoms with Gasteiger partial charge >= 0.3 is 0 Å². The summed E-state index contributed by atoms with van der Waals surface area (Å²) >= 11 is 6.37. The molecule has 0 bridgehead atoms. The van der Waals surface area contributed by atoms with E-state index in [9.17, 15) is 9.59 Å². The molecule has 2 rings (SSSR count). The lowest BCUT2D eigenvalue weighted by atomic mass is 10.1. The Morgan fingerprint density at radius 2 is 1.90 bits per heavy atom. The van der Waals surface area contributed by atoms with Crippen molar-refractivity contribution in [3.63, 3.8) is 0 Å². The van der Waals surface area contributed by atoms with Crippen molar-refractivity contribution < 1.29 is 19.1 Å². The third kappa shape index (κ3) is 6.62. The van der Waals surface area contributed by atoms with Crippen LogP contribution in [0.3, 0.4) is 0 Å². The minimum atomic E-state index is -0.343. The number of carbonyl (C=O) groups excluding carboxylic acids is 2. The molecular formula is C24H31ClN2O4. The quantitative estimate of drug-likeness (QED) is 0.581. The summed E-state index contributed by atoms with van der Waals surface area (Å²) in [5.41, 5.74) is 3.13. The minimum absolute atomic E-state index is 0.0984. The van der Waals surface area contributed by atoms with Crippen LogP contribution in [0.25, 0.3) is 0 Å². The number of amides is 2. The molecule has 0 saturated carbocycles. The van der Waals surface area contributed by atoms with Gasteiger partial charge in [0.05, 0.1) is 25.3 Å². The van der Waals surface area contributed by atoms with Crippen LogP contribution in [0.1, 0.15) is 41.8 Å². The molecule has 2 aromatic rings. The van der Waals surface area contributed by atoms with Gasteiger partial charge in [-0.3, -0.25) is 9.59 Å². The number of likely N-dealkylation sites (N-methyl/N-ethyl adjacent to an activating group) is 1. The van der Waals surface area contributed by atoms with Crippen LogP contribution >= 0.6 is 11.6 Å². The summed E-state index contributed by atoms with van der Waals surface area (Å²) in [7, 11) is 3.06. The van der Waals surface area contributed by atoms with Crippen LogP contribution < -0.4 is 14.8 Å². The summed E-state index contributed by atoms with van der Waals surface area (Å²) in [4.78, 5) is 26.7. The molecule has 0 unspecified atom stereocenters. The molecule has 6 nitrogen and oxygen atoms in total. The number of anilines is 1. The van der Waals surface area contributed by atoms with E-state index >= 15 is 0 Å². The molecule has 0 aliphatic rings. The van der Waals surface area contributed by atoms with Gasteiger partial charge in [-0.1, -0.05) is 37.6 Å². The van der Waals surface area contributed by atoms with Crippen molar-refractivity contribution in [2.45, 2.75) is 34.1 Å². The Labute approximate surface area is 189 Å². The molecule has 0 aliphatic heterocycles. The first-order valence-corrected chi connectivity index (χ1v) is 10.6. The van der Waals surface area contributed by atoms with Gasteiger partial charge in [0.15, 0.2) is 11.5 Å². The number of rotatable bonds is 9. The average Bonchev–Trinajstić information content (AvgIpc) is 2.71. The maximum atomic E-state index is 12.9. The van der Waals surface area contributed by atoms with Gasteiger partial charge in [-0.05, 0) is 55.5 Å². The largest absolute Gasteiger partial charge is 0.493 e.